The average molecular weight is 515 g/mol. The standard InChI is InChI=1S/C21H33N5O2.HI/c1-6-27-19-10-9-18(13-20(19)28-7-2)17(4)25-21(22-5)23-11-8-12-26-15-16(3)14-24-26;/h9-10,13-15,17H,6-8,11-12H2,1-5H3,(H2,22,23,25);1H. The summed E-state index contributed by atoms with van der Waals surface area (Å²) in [5.74, 6) is 2.32. The van der Waals surface area contributed by atoms with Crippen LogP contribution in [0.15, 0.2) is 35.6 Å². The summed E-state index contributed by atoms with van der Waals surface area (Å²) < 4.78 is 13.3. The number of halogens is 1. The van der Waals surface area contributed by atoms with E-state index in [2.05, 4.69) is 39.9 Å². The highest BCUT2D eigenvalue weighted by molar-refractivity contribution is 14.0. The van der Waals surface area contributed by atoms with Gasteiger partial charge in [0, 0.05) is 26.3 Å². The van der Waals surface area contributed by atoms with Gasteiger partial charge in [0.15, 0.2) is 17.5 Å². The maximum atomic E-state index is 5.73. The van der Waals surface area contributed by atoms with Gasteiger partial charge < -0.3 is 20.1 Å². The molecule has 1 aromatic heterocycles. The number of hydrogen-bond donors (Lipinski definition) is 2. The van der Waals surface area contributed by atoms with E-state index in [1.807, 2.05) is 43.8 Å². The third kappa shape index (κ3) is 8.12. The van der Waals surface area contributed by atoms with Gasteiger partial charge in [0.25, 0.3) is 0 Å². The molecule has 0 aliphatic heterocycles. The van der Waals surface area contributed by atoms with Crippen LogP contribution in [0.4, 0.5) is 0 Å². The molecule has 162 valence electrons. The van der Waals surface area contributed by atoms with Crippen molar-refractivity contribution in [2.24, 2.45) is 4.99 Å². The van der Waals surface area contributed by atoms with Gasteiger partial charge in [0.05, 0.1) is 25.5 Å². The molecule has 8 heteroatoms. The minimum Gasteiger partial charge on any atom is -0.490 e. The number of ether oxygens (including phenoxy) is 2. The number of aromatic nitrogens is 2. The van der Waals surface area contributed by atoms with E-state index in [4.69, 9.17) is 9.47 Å². The lowest BCUT2D eigenvalue weighted by molar-refractivity contribution is 0.287. The molecule has 0 bridgehead atoms. The number of aryl methyl sites for hydroxylation is 2. The normalized spacial score (nSPS) is 12.1. The zero-order valence-electron chi connectivity index (χ0n) is 18.1. The van der Waals surface area contributed by atoms with Crippen molar-refractivity contribution in [2.75, 3.05) is 26.8 Å². The van der Waals surface area contributed by atoms with E-state index in [0.717, 1.165) is 42.5 Å². The van der Waals surface area contributed by atoms with Crippen LogP contribution in [0.5, 0.6) is 11.5 Å². The van der Waals surface area contributed by atoms with E-state index in [0.29, 0.717) is 13.2 Å². The van der Waals surface area contributed by atoms with Gasteiger partial charge in [-0.1, -0.05) is 6.07 Å². The molecule has 0 fully saturated rings. The van der Waals surface area contributed by atoms with Crippen LogP contribution in [0.25, 0.3) is 0 Å². The van der Waals surface area contributed by atoms with Crippen LogP contribution < -0.4 is 20.1 Å². The topological polar surface area (TPSA) is 72.7 Å². The molecule has 1 unspecified atom stereocenters. The molecule has 0 saturated heterocycles. The van der Waals surface area contributed by atoms with Crippen molar-refractivity contribution in [1.82, 2.24) is 20.4 Å². The fourth-order valence-corrected chi connectivity index (χ4v) is 2.86. The highest BCUT2D eigenvalue weighted by Gasteiger charge is 2.12. The van der Waals surface area contributed by atoms with Crippen LogP contribution in [0, 0.1) is 6.92 Å². The molecule has 0 spiro atoms. The Kier molecular flexibility index (Phi) is 11.5. The van der Waals surface area contributed by atoms with Crippen LogP contribution in [-0.4, -0.2) is 42.5 Å². The number of rotatable bonds is 10. The van der Waals surface area contributed by atoms with Crippen LogP contribution in [0.2, 0.25) is 0 Å². The van der Waals surface area contributed by atoms with Gasteiger partial charge in [-0.2, -0.15) is 5.10 Å². The lowest BCUT2D eigenvalue weighted by atomic mass is 10.1. The lowest BCUT2D eigenvalue weighted by Gasteiger charge is -2.20. The first kappa shape index (κ1) is 25.1. The predicted molar refractivity (Wildman–Crippen MR) is 129 cm³/mol. The quantitative estimate of drug-likeness (QED) is 0.217. The van der Waals surface area contributed by atoms with Crippen LogP contribution in [0.3, 0.4) is 0 Å². The monoisotopic (exact) mass is 515 g/mol. The summed E-state index contributed by atoms with van der Waals surface area (Å²) in [6, 6.07) is 6.12. The maximum Gasteiger partial charge on any atom is 0.191 e. The molecule has 0 aliphatic rings. The summed E-state index contributed by atoms with van der Waals surface area (Å²) in [5, 5.41) is 11.1. The zero-order chi connectivity index (χ0) is 20.4. The number of hydrogen-bond acceptors (Lipinski definition) is 4. The van der Waals surface area contributed by atoms with Crippen LogP contribution in [0.1, 0.15) is 44.4 Å². The second-order valence-electron chi connectivity index (χ2n) is 6.57. The smallest absolute Gasteiger partial charge is 0.191 e. The minimum absolute atomic E-state index is 0. The van der Waals surface area contributed by atoms with Gasteiger partial charge in [-0.05, 0) is 57.4 Å². The van der Waals surface area contributed by atoms with Crippen molar-refractivity contribution in [3.05, 3.63) is 41.7 Å². The van der Waals surface area contributed by atoms with Crippen molar-refractivity contribution in [3.8, 4) is 11.5 Å². The fourth-order valence-electron chi connectivity index (χ4n) is 2.86. The van der Waals surface area contributed by atoms with Gasteiger partial charge in [-0.25, -0.2) is 0 Å². The number of benzene rings is 1. The zero-order valence-corrected chi connectivity index (χ0v) is 20.4. The molecule has 29 heavy (non-hydrogen) atoms. The number of nitrogens with zero attached hydrogens (tertiary/aromatic N) is 3. The third-order valence-electron chi connectivity index (χ3n) is 4.26. The Morgan fingerprint density at radius 3 is 2.55 bits per heavy atom. The summed E-state index contributed by atoms with van der Waals surface area (Å²) in [7, 11) is 1.78. The lowest BCUT2D eigenvalue weighted by Crippen LogP contribution is -2.39. The maximum absolute atomic E-state index is 5.73. The van der Waals surface area contributed by atoms with Gasteiger partial charge in [-0.3, -0.25) is 9.67 Å². The summed E-state index contributed by atoms with van der Waals surface area (Å²) in [4.78, 5) is 4.32. The second-order valence-corrected chi connectivity index (χ2v) is 6.57. The van der Waals surface area contributed by atoms with E-state index in [1.165, 1.54) is 5.56 Å². The average Bonchev–Trinajstić information content (AvgIpc) is 3.11. The van der Waals surface area contributed by atoms with Crippen LogP contribution >= 0.6 is 24.0 Å². The summed E-state index contributed by atoms with van der Waals surface area (Å²) >= 11 is 0. The Bertz CT molecular complexity index is 763. The molecule has 0 saturated carbocycles. The van der Waals surface area contributed by atoms with E-state index < -0.39 is 0 Å². The molecule has 1 atom stereocenters. The highest BCUT2D eigenvalue weighted by Crippen LogP contribution is 2.30. The van der Waals surface area contributed by atoms with Gasteiger partial charge in [-0.15, -0.1) is 24.0 Å². The van der Waals surface area contributed by atoms with Gasteiger partial charge >= 0.3 is 0 Å². The van der Waals surface area contributed by atoms with E-state index in [1.54, 1.807) is 7.05 Å². The molecule has 2 aromatic rings. The van der Waals surface area contributed by atoms with Crippen molar-refractivity contribution >= 4 is 29.9 Å². The predicted octanol–water partition coefficient (Wildman–Crippen LogP) is 3.92. The van der Waals surface area contributed by atoms with Gasteiger partial charge in [0.1, 0.15) is 0 Å². The van der Waals surface area contributed by atoms with Crippen molar-refractivity contribution < 1.29 is 9.47 Å². The molecule has 1 heterocycles. The molecular weight excluding hydrogens is 481 g/mol. The largest absolute Gasteiger partial charge is 0.490 e. The SMILES string of the molecule is CCOc1ccc(C(C)NC(=NC)NCCCn2cc(C)cn2)cc1OCC.I. The summed E-state index contributed by atoms with van der Waals surface area (Å²) in [5.41, 5.74) is 2.29. The van der Waals surface area contributed by atoms with E-state index in [-0.39, 0.29) is 30.0 Å². The molecule has 0 aliphatic carbocycles. The summed E-state index contributed by atoms with van der Waals surface area (Å²) in [6.07, 6.45) is 4.90. The molecule has 7 nitrogen and oxygen atoms in total. The van der Waals surface area contributed by atoms with E-state index in [9.17, 15) is 0 Å². The van der Waals surface area contributed by atoms with Gasteiger partial charge in [0.2, 0.25) is 0 Å². The minimum atomic E-state index is 0. The molecular formula is C21H34IN5O2. The number of aliphatic imine (C=N–C) groups is 1. The summed E-state index contributed by atoms with van der Waals surface area (Å²) in [6.45, 7) is 11.0. The third-order valence-corrected chi connectivity index (χ3v) is 4.26. The first-order chi connectivity index (χ1) is 13.6. The second kappa shape index (κ2) is 13.3. The molecule has 0 amide bonds. The highest BCUT2D eigenvalue weighted by atomic mass is 127. The first-order valence-corrected chi connectivity index (χ1v) is 9.93. The Balaban J connectivity index is 0.00000420. The number of nitrogens with one attached hydrogen (secondary N) is 2. The molecule has 2 rings (SSSR count). The molecule has 1 aromatic carbocycles. The Hall–Kier alpha value is -1.97. The Labute approximate surface area is 191 Å². The van der Waals surface area contributed by atoms with Crippen molar-refractivity contribution in [3.63, 3.8) is 0 Å². The van der Waals surface area contributed by atoms with Crippen molar-refractivity contribution in [1.29, 1.82) is 0 Å². The molecule has 0 radical (unpaired) electrons. The fraction of sp³-hybridized carbons (Fsp3) is 0.524. The Morgan fingerprint density at radius 2 is 1.93 bits per heavy atom. The number of guanidine groups is 1. The first-order valence-electron chi connectivity index (χ1n) is 9.93. The van der Waals surface area contributed by atoms with Crippen molar-refractivity contribution in [2.45, 2.75) is 46.7 Å². The van der Waals surface area contributed by atoms with E-state index >= 15 is 0 Å². The molecule has 2 N–H and O–H groups in total. The Morgan fingerprint density at radius 1 is 1.21 bits per heavy atom. The van der Waals surface area contributed by atoms with Crippen LogP contribution in [-0.2, 0) is 6.54 Å².